The van der Waals surface area contributed by atoms with Gasteiger partial charge in [-0.25, -0.2) is 0 Å². The average Bonchev–Trinajstić information content (AvgIpc) is 2.45. The molecular weight excluding hydrogens is 262 g/mol. The van der Waals surface area contributed by atoms with Crippen molar-refractivity contribution in [2.45, 2.75) is 26.3 Å². The molecule has 114 valence electrons. The minimum Gasteiger partial charge on any atom is -0.379 e. The number of amides is 1. The Hall–Kier alpha value is -1.97. The summed E-state index contributed by atoms with van der Waals surface area (Å²) >= 11 is 0. The van der Waals surface area contributed by atoms with Crippen LogP contribution in [0.25, 0.3) is 0 Å². The number of carbonyl (C=O) groups is 1. The van der Waals surface area contributed by atoms with Crippen molar-refractivity contribution in [2.75, 3.05) is 36.4 Å². The van der Waals surface area contributed by atoms with Gasteiger partial charge in [-0.1, -0.05) is 18.7 Å². The van der Waals surface area contributed by atoms with Gasteiger partial charge < -0.3 is 15.1 Å². The number of benzene rings is 1. The SMILES string of the molecule is C=CC(=O)N1CCN(c2ccccc2NC(C)(C)C)CC1. The molecule has 1 saturated heterocycles. The number of para-hydroxylation sites is 2. The van der Waals surface area contributed by atoms with Crippen LogP contribution in [0.15, 0.2) is 36.9 Å². The summed E-state index contributed by atoms with van der Waals surface area (Å²) in [6.45, 7) is 13.2. The highest BCUT2D eigenvalue weighted by molar-refractivity contribution is 5.87. The molecule has 1 amide bonds. The van der Waals surface area contributed by atoms with E-state index >= 15 is 0 Å². The third-order valence-corrected chi connectivity index (χ3v) is 3.52. The zero-order valence-electron chi connectivity index (χ0n) is 13.2. The molecule has 0 saturated carbocycles. The van der Waals surface area contributed by atoms with E-state index in [-0.39, 0.29) is 11.4 Å². The second kappa shape index (κ2) is 6.20. The summed E-state index contributed by atoms with van der Waals surface area (Å²) in [6, 6.07) is 8.36. The van der Waals surface area contributed by atoms with Crippen LogP contribution in [0.3, 0.4) is 0 Å². The molecule has 0 bridgehead atoms. The van der Waals surface area contributed by atoms with Crippen molar-refractivity contribution in [3.05, 3.63) is 36.9 Å². The summed E-state index contributed by atoms with van der Waals surface area (Å²) in [5.41, 5.74) is 2.38. The van der Waals surface area contributed by atoms with E-state index in [1.807, 2.05) is 4.90 Å². The van der Waals surface area contributed by atoms with E-state index in [4.69, 9.17) is 0 Å². The molecule has 0 spiro atoms. The third kappa shape index (κ3) is 4.00. The maximum atomic E-state index is 11.6. The number of rotatable bonds is 3. The van der Waals surface area contributed by atoms with Crippen LogP contribution in [0.5, 0.6) is 0 Å². The van der Waals surface area contributed by atoms with Crippen molar-refractivity contribution in [3.8, 4) is 0 Å². The normalized spacial score (nSPS) is 15.8. The molecular formula is C17H25N3O. The zero-order valence-corrected chi connectivity index (χ0v) is 13.2. The molecule has 1 heterocycles. The van der Waals surface area contributed by atoms with Crippen molar-refractivity contribution in [1.29, 1.82) is 0 Å². The van der Waals surface area contributed by atoms with Gasteiger partial charge >= 0.3 is 0 Å². The quantitative estimate of drug-likeness (QED) is 0.868. The molecule has 1 N–H and O–H groups in total. The average molecular weight is 287 g/mol. The Morgan fingerprint density at radius 3 is 2.38 bits per heavy atom. The monoisotopic (exact) mass is 287 g/mol. The summed E-state index contributed by atoms with van der Waals surface area (Å²) in [4.78, 5) is 15.8. The van der Waals surface area contributed by atoms with Gasteiger partial charge in [-0.2, -0.15) is 0 Å². The summed E-state index contributed by atoms with van der Waals surface area (Å²) in [5, 5.41) is 3.55. The Labute approximate surface area is 127 Å². The first-order valence-electron chi connectivity index (χ1n) is 7.44. The molecule has 0 aromatic heterocycles. The van der Waals surface area contributed by atoms with Crippen LogP contribution in [-0.4, -0.2) is 42.5 Å². The van der Waals surface area contributed by atoms with Crippen molar-refractivity contribution in [1.82, 2.24) is 4.90 Å². The second-order valence-electron chi connectivity index (χ2n) is 6.41. The molecule has 0 atom stereocenters. The Morgan fingerprint density at radius 2 is 1.81 bits per heavy atom. The lowest BCUT2D eigenvalue weighted by Crippen LogP contribution is -2.48. The summed E-state index contributed by atoms with van der Waals surface area (Å²) in [7, 11) is 0. The van der Waals surface area contributed by atoms with E-state index in [9.17, 15) is 4.79 Å². The first kappa shape index (κ1) is 15.4. The van der Waals surface area contributed by atoms with E-state index in [1.54, 1.807) is 0 Å². The highest BCUT2D eigenvalue weighted by Crippen LogP contribution is 2.28. The largest absolute Gasteiger partial charge is 0.379 e. The van der Waals surface area contributed by atoms with Gasteiger partial charge in [-0.15, -0.1) is 0 Å². The van der Waals surface area contributed by atoms with Crippen molar-refractivity contribution < 1.29 is 4.79 Å². The highest BCUT2D eigenvalue weighted by atomic mass is 16.2. The number of nitrogens with zero attached hydrogens (tertiary/aromatic N) is 2. The number of hydrogen-bond acceptors (Lipinski definition) is 3. The standard InChI is InChI=1S/C17H25N3O/c1-5-16(21)20-12-10-19(11-13-20)15-9-7-6-8-14(15)18-17(2,3)4/h5-9,18H,1,10-13H2,2-4H3. The molecule has 4 nitrogen and oxygen atoms in total. The summed E-state index contributed by atoms with van der Waals surface area (Å²) in [5.74, 6) is 0.0238. The molecule has 2 rings (SSSR count). The molecule has 1 fully saturated rings. The maximum absolute atomic E-state index is 11.6. The van der Waals surface area contributed by atoms with Gasteiger partial charge in [0.05, 0.1) is 11.4 Å². The molecule has 21 heavy (non-hydrogen) atoms. The van der Waals surface area contributed by atoms with Crippen LogP contribution in [0, 0.1) is 0 Å². The van der Waals surface area contributed by atoms with Crippen LogP contribution in [0.2, 0.25) is 0 Å². The van der Waals surface area contributed by atoms with Gasteiger partial charge in [0.1, 0.15) is 0 Å². The molecule has 1 aromatic carbocycles. The molecule has 0 radical (unpaired) electrons. The molecule has 0 aliphatic carbocycles. The molecule has 1 aromatic rings. The van der Waals surface area contributed by atoms with Gasteiger partial charge in [0, 0.05) is 31.7 Å². The van der Waals surface area contributed by atoms with E-state index in [0.29, 0.717) is 0 Å². The summed E-state index contributed by atoms with van der Waals surface area (Å²) in [6.07, 6.45) is 1.39. The third-order valence-electron chi connectivity index (χ3n) is 3.52. The number of anilines is 2. The van der Waals surface area contributed by atoms with Crippen LogP contribution >= 0.6 is 0 Å². The first-order valence-corrected chi connectivity index (χ1v) is 7.44. The number of piperazine rings is 1. The lowest BCUT2D eigenvalue weighted by Gasteiger charge is -2.37. The lowest BCUT2D eigenvalue weighted by molar-refractivity contribution is -0.126. The molecule has 0 unspecified atom stereocenters. The van der Waals surface area contributed by atoms with Crippen molar-refractivity contribution >= 4 is 17.3 Å². The highest BCUT2D eigenvalue weighted by Gasteiger charge is 2.22. The van der Waals surface area contributed by atoms with E-state index in [2.05, 4.69) is 61.8 Å². The van der Waals surface area contributed by atoms with Crippen molar-refractivity contribution in [3.63, 3.8) is 0 Å². The fourth-order valence-electron chi connectivity index (χ4n) is 2.56. The number of nitrogens with one attached hydrogen (secondary N) is 1. The predicted molar refractivity (Wildman–Crippen MR) is 88.8 cm³/mol. The van der Waals surface area contributed by atoms with Crippen LogP contribution in [-0.2, 0) is 4.79 Å². The molecule has 4 heteroatoms. The fraction of sp³-hybridized carbons (Fsp3) is 0.471. The zero-order chi connectivity index (χ0) is 15.5. The predicted octanol–water partition coefficient (Wildman–Crippen LogP) is 2.73. The Morgan fingerprint density at radius 1 is 1.19 bits per heavy atom. The second-order valence-corrected chi connectivity index (χ2v) is 6.41. The van der Waals surface area contributed by atoms with Crippen molar-refractivity contribution in [2.24, 2.45) is 0 Å². The van der Waals surface area contributed by atoms with E-state index < -0.39 is 0 Å². The van der Waals surface area contributed by atoms with Gasteiger partial charge in [0.15, 0.2) is 0 Å². The maximum Gasteiger partial charge on any atom is 0.246 e. The van der Waals surface area contributed by atoms with Crippen LogP contribution in [0.1, 0.15) is 20.8 Å². The minimum atomic E-state index is 0.0238. The Bertz CT molecular complexity index is 511. The van der Waals surface area contributed by atoms with E-state index in [0.717, 1.165) is 31.9 Å². The Balaban J connectivity index is 2.10. The van der Waals surface area contributed by atoms with Gasteiger partial charge in [-0.3, -0.25) is 4.79 Å². The van der Waals surface area contributed by atoms with Gasteiger partial charge in [-0.05, 0) is 39.0 Å². The number of carbonyl (C=O) groups excluding carboxylic acids is 1. The first-order chi connectivity index (χ1) is 9.90. The van der Waals surface area contributed by atoms with E-state index in [1.165, 1.54) is 11.8 Å². The summed E-state index contributed by atoms with van der Waals surface area (Å²) < 4.78 is 0. The lowest BCUT2D eigenvalue weighted by atomic mass is 10.1. The smallest absolute Gasteiger partial charge is 0.246 e. The Kier molecular flexibility index (Phi) is 4.56. The number of hydrogen-bond donors (Lipinski definition) is 1. The van der Waals surface area contributed by atoms with Gasteiger partial charge in [0.25, 0.3) is 0 Å². The van der Waals surface area contributed by atoms with Gasteiger partial charge in [0.2, 0.25) is 5.91 Å². The fourth-order valence-corrected chi connectivity index (χ4v) is 2.56. The molecule has 1 aliphatic heterocycles. The van der Waals surface area contributed by atoms with Crippen LogP contribution in [0.4, 0.5) is 11.4 Å². The topological polar surface area (TPSA) is 35.6 Å². The minimum absolute atomic E-state index is 0.0238. The van der Waals surface area contributed by atoms with Crippen LogP contribution < -0.4 is 10.2 Å². The molecule has 1 aliphatic rings.